The van der Waals surface area contributed by atoms with Crippen LogP contribution in [0.2, 0.25) is 0 Å². The van der Waals surface area contributed by atoms with Crippen LogP contribution < -0.4 is 15.8 Å². The maximum Gasteiger partial charge on any atom is 0.144 e. The predicted octanol–water partition coefficient (Wildman–Crippen LogP) is 2.31. The number of aromatic nitrogens is 2. The standard InChI is InChI=1S/C16H20N4O/c1-21-13-6-4-12(5-7-13)16(11-2-3-11)19-10-15-18-9-8-14(17)20-15/h4-9,11,16,19H,2-3,10H2,1H3,(H2,17,18,20)/t16-/m1/s1. The third-order valence-corrected chi connectivity index (χ3v) is 3.78. The van der Waals surface area contributed by atoms with Crippen molar-refractivity contribution >= 4 is 5.82 Å². The molecule has 0 unspecified atom stereocenters. The highest BCUT2D eigenvalue weighted by Gasteiger charge is 2.32. The third kappa shape index (κ3) is 3.49. The second-order valence-electron chi connectivity index (χ2n) is 5.37. The van der Waals surface area contributed by atoms with Gasteiger partial charge in [0.2, 0.25) is 0 Å². The number of hydrogen-bond donors (Lipinski definition) is 2. The second-order valence-corrected chi connectivity index (χ2v) is 5.37. The fourth-order valence-corrected chi connectivity index (χ4v) is 2.50. The number of nitrogen functional groups attached to an aromatic ring is 1. The molecule has 0 bridgehead atoms. The molecule has 0 aliphatic heterocycles. The van der Waals surface area contributed by atoms with E-state index in [1.54, 1.807) is 19.4 Å². The van der Waals surface area contributed by atoms with Gasteiger partial charge in [-0.1, -0.05) is 12.1 Å². The van der Waals surface area contributed by atoms with Gasteiger partial charge in [0.05, 0.1) is 13.7 Å². The molecule has 1 aromatic carbocycles. The molecular weight excluding hydrogens is 264 g/mol. The van der Waals surface area contributed by atoms with Crippen molar-refractivity contribution in [3.8, 4) is 5.75 Å². The number of nitrogens with zero attached hydrogens (tertiary/aromatic N) is 2. The average Bonchev–Trinajstić information content (AvgIpc) is 3.33. The molecule has 1 aromatic heterocycles. The molecule has 0 radical (unpaired) electrons. The minimum atomic E-state index is 0.334. The van der Waals surface area contributed by atoms with E-state index in [9.17, 15) is 0 Å². The Morgan fingerprint density at radius 3 is 2.67 bits per heavy atom. The number of rotatable bonds is 6. The Morgan fingerprint density at radius 1 is 1.29 bits per heavy atom. The fourth-order valence-electron chi connectivity index (χ4n) is 2.50. The summed E-state index contributed by atoms with van der Waals surface area (Å²) >= 11 is 0. The Kier molecular flexibility index (Phi) is 4.01. The van der Waals surface area contributed by atoms with Gasteiger partial charge in [-0.2, -0.15) is 0 Å². The van der Waals surface area contributed by atoms with Crippen LogP contribution in [0.4, 0.5) is 5.82 Å². The largest absolute Gasteiger partial charge is 0.497 e. The monoisotopic (exact) mass is 284 g/mol. The molecule has 1 aliphatic rings. The lowest BCUT2D eigenvalue weighted by Gasteiger charge is -2.18. The van der Waals surface area contributed by atoms with Gasteiger partial charge in [0.15, 0.2) is 0 Å². The molecule has 1 aliphatic carbocycles. The van der Waals surface area contributed by atoms with Crippen molar-refractivity contribution in [3.63, 3.8) is 0 Å². The molecule has 110 valence electrons. The quantitative estimate of drug-likeness (QED) is 0.851. The van der Waals surface area contributed by atoms with Crippen LogP contribution in [0.15, 0.2) is 36.5 Å². The van der Waals surface area contributed by atoms with E-state index in [-0.39, 0.29) is 0 Å². The van der Waals surface area contributed by atoms with Gasteiger partial charge in [0, 0.05) is 12.2 Å². The van der Waals surface area contributed by atoms with Crippen LogP contribution in [0.5, 0.6) is 5.75 Å². The van der Waals surface area contributed by atoms with E-state index in [2.05, 4.69) is 27.4 Å². The molecule has 0 spiro atoms. The van der Waals surface area contributed by atoms with E-state index in [4.69, 9.17) is 10.5 Å². The number of ether oxygens (including phenoxy) is 1. The smallest absolute Gasteiger partial charge is 0.144 e. The summed E-state index contributed by atoms with van der Waals surface area (Å²) in [5.41, 5.74) is 6.97. The van der Waals surface area contributed by atoms with Crippen LogP contribution in [-0.2, 0) is 6.54 Å². The Bertz CT molecular complexity index is 595. The summed E-state index contributed by atoms with van der Waals surface area (Å²) in [6.45, 7) is 0.623. The van der Waals surface area contributed by atoms with E-state index in [1.165, 1.54) is 18.4 Å². The van der Waals surface area contributed by atoms with E-state index < -0.39 is 0 Å². The van der Waals surface area contributed by atoms with Crippen molar-refractivity contribution < 1.29 is 4.74 Å². The van der Waals surface area contributed by atoms with Crippen molar-refractivity contribution in [1.29, 1.82) is 0 Å². The number of nitrogens with two attached hydrogens (primary N) is 1. The maximum absolute atomic E-state index is 5.69. The lowest BCUT2D eigenvalue weighted by molar-refractivity contribution is 0.413. The van der Waals surface area contributed by atoms with Crippen LogP contribution in [0, 0.1) is 5.92 Å². The van der Waals surface area contributed by atoms with Crippen molar-refractivity contribution in [1.82, 2.24) is 15.3 Å². The minimum absolute atomic E-state index is 0.334. The van der Waals surface area contributed by atoms with E-state index >= 15 is 0 Å². The first-order valence-corrected chi connectivity index (χ1v) is 7.21. The van der Waals surface area contributed by atoms with Crippen LogP contribution in [-0.4, -0.2) is 17.1 Å². The first kappa shape index (κ1) is 13.8. The van der Waals surface area contributed by atoms with Crippen molar-refractivity contribution in [2.75, 3.05) is 12.8 Å². The van der Waals surface area contributed by atoms with Gasteiger partial charge in [-0.15, -0.1) is 0 Å². The molecule has 5 heteroatoms. The van der Waals surface area contributed by atoms with Crippen LogP contribution in [0.3, 0.4) is 0 Å². The zero-order chi connectivity index (χ0) is 14.7. The Labute approximate surface area is 124 Å². The second kappa shape index (κ2) is 6.10. The van der Waals surface area contributed by atoms with Crippen LogP contribution in [0.1, 0.15) is 30.3 Å². The molecule has 1 saturated carbocycles. The van der Waals surface area contributed by atoms with Crippen molar-refractivity contribution in [3.05, 3.63) is 47.9 Å². The topological polar surface area (TPSA) is 73.1 Å². The molecule has 2 aromatic rings. The van der Waals surface area contributed by atoms with Gasteiger partial charge in [-0.3, -0.25) is 0 Å². The summed E-state index contributed by atoms with van der Waals surface area (Å²) in [5, 5.41) is 3.56. The number of nitrogens with one attached hydrogen (secondary N) is 1. The molecule has 5 nitrogen and oxygen atoms in total. The molecule has 3 N–H and O–H groups in total. The molecule has 21 heavy (non-hydrogen) atoms. The Morgan fingerprint density at radius 2 is 2.05 bits per heavy atom. The van der Waals surface area contributed by atoms with E-state index in [1.807, 2.05) is 12.1 Å². The first-order chi connectivity index (χ1) is 10.3. The summed E-state index contributed by atoms with van der Waals surface area (Å²) in [7, 11) is 1.68. The molecular formula is C16H20N4O. The Balaban J connectivity index is 1.69. The zero-order valence-electron chi connectivity index (χ0n) is 12.1. The molecule has 1 atom stereocenters. The van der Waals surface area contributed by atoms with Crippen molar-refractivity contribution in [2.45, 2.75) is 25.4 Å². The van der Waals surface area contributed by atoms with Crippen LogP contribution >= 0.6 is 0 Å². The third-order valence-electron chi connectivity index (χ3n) is 3.78. The lowest BCUT2D eigenvalue weighted by atomic mass is 10.0. The normalized spacial score (nSPS) is 15.7. The summed E-state index contributed by atoms with van der Waals surface area (Å²) in [6.07, 6.45) is 4.22. The molecule has 3 rings (SSSR count). The number of anilines is 1. The highest BCUT2D eigenvalue weighted by atomic mass is 16.5. The average molecular weight is 284 g/mol. The Hall–Kier alpha value is -2.14. The van der Waals surface area contributed by atoms with Gasteiger partial charge < -0.3 is 15.8 Å². The SMILES string of the molecule is COc1ccc([C@H](NCc2nccc(N)n2)C2CC2)cc1. The van der Waals surface area contributed by atoms with Gasteiger partial charge in [-0.25, -0.2) is 9.97 Å². The summed E-state index contributed by atoms with van der Waals surface area (Å²) < 4.78 is 5.21. The number of methoxy groups -OCH3 is 1. The fraction of sp³-hybridized carbons (Fsp3) is 0.375. The summed E-state index contributed by atoms with van der Waals surface area (Å²) in [6, 6.07) is 10.3. The number of benzene rings is 1. The first-order valence-electron chi connectivity index (χ1n) is 7.21. The van der Waals surface area contributed by atoms with Gasteiger partial charge in [0.1, 0.15) is 17.4 Å². The summed E-state index contributed by atoms with van der Waals surface area (Å²) in [4.78, 5) is 8.47. The number of hydrogen-bond acceptors (Lipinski definition) is 5. The van der Waals surface area contributed by atoms with Crippen LogP contribution in [0.25, 0.3) is 0 Å². The molecule has 0 saturated heterocycles. The minimum Gasteiger partial charge on any atom is -0.497 e. The van der Waals surface area contributed by atoms with E-state index in [0.717, 1.165) is 11.6 Å². The summed E-state index contributed by atoms with van der Waals surface area (Å²) in [5.74, 6) is 2.82. The molecule has 0 amide bonds. The zero-order valence-corrected chi connectivity index (χ0v) is 12.1. The predicted molar refractivity (Wildman–Crippen MR) is 81.7 cm³/mol. The van der Waals surface area contributed by atoms with E-state index in [0.29, 0.717) is 24.3 Å². The molecule has 1 heterocycles. The lowest BCUT2D eigenvalue weighted by Crippen LogP contribution is -2.23. The maximum atomic E-state index is 5.69. The highest BCUT2D eigenvalue weighted by Crippen LogP contribution is 2.41. The molecule has 1 fully saturated rings. The van der Waals surface area contributed by atoms with Gasteiger partial charge >= 0.3 is 0 Å². The van der Waals surface area contributed by atoms with Crippen molar-refractivity contribution in [2.24, 2.45) is 5.92 Å². The van der Waals surface area contributed by atoms with Gasteiger partial charge in [-0.05, 0) is 42.5 Å². The highest BCUT2D eigenvalue weighted by molar-refractivity contribution is 5.30. The van der Waals surface area contributed by atoms with Gasteiger partial charge in [0.25, 0.3) is 0 Å².